The molecule has 1 aliphatic carbocycles. The number of anilines is 1. The van der Waals surface area contributed by atoms with Crippen LogP contribution in [0.5, 0.6) is 0 Å². The molecule has 0 bridgehead atoms. The van der Waals surface area contributed by atoms with Gasteiger partial charge in [0.2, 0.25) is 0 Å². The van der Waals surface area contributed by atoms with E-state index in [4.69, 9.17) is 37.1 Å². The highest BCUT2D eigenvalue weighted by molar-refractivity contribution is 7.81. The van der Waals surface area contributed by atoms with Crippen LogP contribution in [0.2, 0.25) is 10.6 Å². The van der Waals surface area contributed by atoms with Crippen LogP contribution < -0.4 is 4.90 Å². The molecule has 0 fully saturated rings. The lowest BCUT2D eigenvalue weighted by atomic mass is 9.93. The maximum atomic E-state index is 15.0. The molecule has 1 unspecified atom stereocenters. The molecule has 0 aromatic heterocycles. The van der Waals surface area contributed by atoms with Gasteiger partial charge in [-0.25, -0.2) is 9.29 Å². The normalized spacial score (nSPS) is 17.6. The van der Waals surface area contributed by atoms with Gasteiger partial charge in [0.05, 0.1) is 16.3 Å². The van der Waals surface area contributed by atoms with Gasteiger partial charge in [-0.3, -0.25) is 9.59 Å². The standard InChI is InChI=1S/C23H29ClFNO5SSi/c1-5-29-33(30-6-2,31-7-3)14(4)21(32)17-12-20(19(25)13-18(17)24)26-22(27)15-10-8-9-11-16(15)23(26)28/h12-14H,5-11H2,1-4H3. The number of thiocarbonyl (C=S) groups is 1. The largest absolute Gasteiger partial charge is 0.509 e. The van der Waals surface area contributed by atoms with Gasteiger partial charge in [0, 0.05) is 41.4 Å². The third-order valence-electron chi connectivity index (χ3n) is 5.89. The number of halogens is 2. The van der Waals surface area contributed by atoms with Crippen LogP contribution in [-0.2, 0) is 22.9 Å². The Balaban J connectivity index is 2.01. The lowest BCUT2D eigenvalue weighted by Gasteiger charge is -2.34. The van der Waals surface area contributed by atoms with Gasteiger partial charge in [-0.15, -0.1) is 0 Å². The van der Waals surface area contributed by atoms with E-state index in [0.717, 1.165) is 23.8 Å². The van der Waals surface area contributed by atoms with Crippen molar-refractivity contribution in [1.29, 1.82) is 0 Å². The highest BCUT2D eigenvalue weighted by atomic mass is 35.5. The smallest absolute Gasteiger partial charge is 0.373 e. The topological polar surface area (TPSA) is 65.1 Å². The van der Waals surface area contributed by atoms with Crippen molar-refractivity contribution < 1.29 is 27.3 Å². The first-order chi connectivity index (χ1) is 15.7. The molecule has 0 saturated heterocycles. The second kappa shape index (κ2) is 10.8. The first-order valence-electron chi connectivity index (χ1n) is 11.3. The predicted octanol–water partition coefficient (Wildman–Crippen LogP) is 5.38. The molecule has 0 saturated carbocycles. The first kappa shape index (κ1) is 26.1. The molecule has 1 aliphatic heterocycles. The van der Waals surface area contributed by atoms with Gasteiger partial charge in [-0.05, 0) is 58.6 Å². The van der Waals surface area contributed by atoms with Crippen LogP contribution in [0.3, 0.4) is 0 Å². The summed E-state index contributed by atoms with van der Waals surface area (Å²) < 4.78 is 32.9. The zero-order chi connectivity index (χ0) is 24.3. The van der Waals surface area contributed by atoms with Crippen molar-refractivity contribution in [3.8, 4) is 0 Å². The van der Waals surface area contributed by atoms with E-state index in [1.54, 1.807) is 0 Å². The molecular weight excluding hydrogens is 485 g/mol. The monoisotopic (exact) mass is 513 g/mol. The number of hydrogen-bond acceptors (Lipinski definition) is 6. The summed E-state index contributed by atoms with van der Waals surface area (Å²) in [6.45, 7) is 8.48. The summed E-state index contributed by atoms with van der Waals surface area (Å²) in [6, 6.07) is 2.47. The Morgan fingerprint density at radius 3 is 2.00 bits per heavy atom. The summed E-state index contributed by atoms with van der Waals surface area (Å²) in [5.74, 6) is -1.70. The predicted molar refractivity (Wildman–Crippen MR) is 131 cm³/mol. The number of nitrogens with zero attached hydrogens (tertiary/aromatic N) is 1. The highest BCUT2D eigenvalue weighted by Crippen LogP contribution is 2.39. The average Bonchev–Trinajstić information content (AvgIpc) is 3.04. The quantitative estimate of drug-likeness (QED) is 0.181. The van der Waals surface area contributed by atoms with E-state index in [1.807, 2.05) is 27.7 Å². The Morgan fingerprint density at radius 2 is 1.55 bits per heavy atom. The molecule has 3 rings (SSSR count). The third-order valence-corrected chi connectivity index (χ3v) is 10.4. The van der Waals surface area contributed by atoms with Crippen LogP contribution in [0.1, 0.15) is 58.9 Å². The molecule has 0 spiro atoms. The van der Waals surface area contributed by atoms with Gasteiger partial charge in [-0.2, -0.15) is 0 Å². The zero-order valence-electron chi connectivity index (χ0n) is 19.3. The number of carbonyl (C=O) groups excluding carboxylic acids is 2. The minimum absolute atomic E-state index is 0.0808. The van der Waals surface area contributed by atoms with Crippen molar-refractivity contribution in [2.75, 3.05) is 24.7 Å². The number of hydrogen-bond donors (Lipinski definition) is 0. The molecule has 1 aromatic rings. The van der Waals surface area contributed by atoms with Crippen LogP contribution >= 0.6 is 23.8 Å². The van der Waals surface area contributed by atoms with E-state index in [2.05, 4.69) is 0 Å². The van der Waals surface area contributed by atoms with Crippen molar-refractivity contribution in [3.63, 3.8) is 0 Å². The van der Waals surface area contributed by atoms with E-state index < -0.39 is 32.0 Å². The second-order valence-corrected chi connectivity index (χ2v) is 11.7. The number of amides is 2. The van der Waals surface area contributed by atoms with E-state index in [0.29, 0.717) is 54.2 Å². The average molecular weight is 514 g/mol. The maximum Gasteiger partial charge on any atom is 0.509 e. The van der Waals surface area contributed by atoms with Crippen molar-refractivity contribution in [2.45, 2.75) is 58.9 Å². The fraction of sp³-hybridized carbons (Fsp3) is 0.522. The summed E-state index contributed by atoms with van der Waals surface area (Å²) >= 11 is 12.1. The van der Waals surface area contributed by atoms with Gasteiger partial charge in [-0.1, -0.05) is 30.7 Å². The van der Waals surface area contributed by atoms with Gasteiger partial charge in [0.15, 0.2) is 0 Å². The van der Waals surface area contributed by atoms with Crippen LogP contribution in [-0.4, -0.2) is 45.3 Å². The Labute approximate surface area is 205 Å². The lowest BCUT2D eigenvalue weighted by molar-refractivity contribution is -0.120. The molecule has 10 heteroatoms. The van der Waals surface area contributed by atoms with E-state index >= 15 is 4.39 Å². The number of carbonyl (C=O) groups is 2. The number of benzene rings is 1. The van der Waals surface area contributed by atoms with Crippen molar-refractivity contribution in [3.05, 3.63) is 39.7 Å². The van der Waals surface area contributed by atoms with Gasteiger partial charge in [0.25, 0.3) is 11.8 Å². The van der Waals surface area contributed by atoms with Crippen LogP contribution in [0, 0.1) is 5.82 Å². The lowest BCUT2D eigenvalue weighted by Crippen LogP contribution is -2.51. The fourth-order valence-electron chi connectivity index (χ4n) is 4.35. The molecule has 180 valence electrons. The van der Waals surface area contributed by atoms with E-state index in [-0.39, 0.29) is 10.7 Å². The van der Waals surface area contributed by atoms with E-state index in [9.17, 15) is 9.59 Å². The van der Waals surface area contributed by atoms with E-state index in [1.165, 1.54) is 6.07 Å². The summed E-state index contributed by atoms with van der Waals surface area (Å²) in [5, 5.41) is 0.0808. The molecule has 1 aromatic carbocycles. The number of imide groups is 1. The number of rotatable bonds is 10. The summed E-state index contributed by atoms with van der Waals surface area (Å²) in [6.07, 6.45) is 2.72. The van der Waals surface area contributed by atoms with Crippen molar-refractivity contribution >= 4 is 55.0 Å². The molecule has 0 N–H and O–H groups in total. The summed E-state index contributed by atoms with van der Waals surface area (Å²) in [7, 11) is -3.23. The molecule has 6 nitrogen and oxygen atoms in total. The summed E-state index contributed by atoms with van der Waals surface area (Å²) in [4.78, 5) is 27.2. The zero-order valence-corrected chi connectivity index (χ0v) is 21.9. The summed E-state index contributed by atoms with van der Waals surface area (Å²) in [5.41, 5.74) is 0.684. The Bertz CT molecular complexity index is 956. The Morgan fingerprint density at radius 1 is 1.06 bits per heavy atom. The third kappa shape index (κ3) is 4.85. The highest BCUT2D eigenvalue weighted by Gasteiger charge is 2.49. The molecule has 2 aliphatic rings. The molecule has 0 radical (unpaired) electrons. The Hall–Kier alpha value is -1.49. The molecule has 1 heterocycles. The van der Waals surface area contributed by atoms with Gasteiger partial charge < -0.3 is 13.3 Å². The first-order valence-corrected chi connectivity index (χ1v) is 13.9. The minimum atomic E-state index is -3.23. The fourth-order valence-corrected chi connectivity index (χ4v) is 7.95. The maximum absolute atomic E-state index is 15.0. The van der Waals surface area contributed by atoms with Crippen LogP contribution in [0.25, 0.3) is 0 Å². The Kier molecular flexibility index (Phi) is 8.58. The molecular formula is C23H29ClFNO5SSi. The van der Waals surface area contributed by atoms with Crippen LogP contribution in [0.15, 0.2) is 23.3 Å². The van der Waals surface area contributed by atoms with Gasteiger partial charge in [0.1, 0.15) is 5.82 Å². The minimum Gasteiger partial charge on any atom is -0.373 e. The molecule has 33 heavy (non-hydrogen) atoms. The SMILES string of the molecule is CCO[Si](OCC)(OCC)C(C)C(=S)c1cc(N2C(=O)C3=C(CCCC3)C2=O)c(F)cc1Cl. The van der Waals surface area contributed by atoms with Crippen LogP contribution in [0.4, 0.5) is 10.1 Å². The molecule has 2 amide bonds. The second-order valence-electron chi connectivity index (χ2n) is 7.88. The van der Waals surface area contributed by atoms with Gasteiger partial charge >= 0.3 is 8.80 Å². The van der Waals surface area contributed by atoms with Crippen molar-refractivity contribution in [2.24, 2.45) is 0 Å². The van der Waals surface area contributed by atoms with Crippen molar-refractivity contribution in [1.82, 2.24) is 0 Å². The molecule has 1 atom stereocenters.